The highest BCUT2D eigenvalue weighted by molar-refractivity contribution is 5.87. The monoisotopic (exact) mass is 350 g/mol. The Bertz CT molecular complexity index is 1240. The van der Waals surface area contributed by atoms with Crippen LogP contribution in [0.1, 0.15) is 5.56 Å². The molecule has 0 fully saturated rings. The Labute approximate surface area is 146 Å². The van der Waals surface area contributed by atoms with Gasteiger partial charge in [0.15, 0.2) is 5.52 Å². The summed E-state index contributed by atoms with van der Waals surface area (Å²) in [7, 11) is 1.58. The van der Waals surface area contributed by atoms with Crippen molar-refractivity contribution in [3.05, 3.63) is 68.6 Å². The van der Waals surface area contributed by atoms with E-state index in [4.69, 9.17) is 4.74 Å². The number of fused-ring (bicyclic) bond motifs is 2. The molecule has 26 heavy (non-hydrogen) atoms. The van der Waals surface area contributed by atoms with Crippen molar-refractivity contribution >= 4 is 21.9 Å². The van der Waals surface area contributed by atoms with E-state index in [9.17, 15) is 14.7 Å². The number of benzene rings is 2. The lowest BCUT2D eigenvalue weighted by Crippen LogP contribution is -2.10. The molecule has 4 rings (SSSR count). The Morgan fingerprint density at radius 2 is 1.92 bits per heavy atom. The second kappa shape index (κ2) is 5.99. The van der Waals surface area contributed by atoms with E-state index in [-0.39, 0.29) is 39.7 Å². The molecule has 2 aromatic heterocycles. The minimum atomic E-state index is -0.543. The van der Waals surface area contributed by atoms with Crippen molar-refractivity contribution in [2.24, 2.45) is 0 Å². The van der Waals surface area contributed by atoms with Gasteiger partial charge in [-0.1, -0.05) is 17.3 Å². The third-order valence-electron chi connectivity index (χ3n) is 4.15. The molecule has 0 aliphatic rings. The van der Waals surface area contributed by atoms with Crippen LogP contribution in [-0.4, -0.2) is 32.2 Å². The summed E-state index contributed by atoms with van der Waals surface area (Å²) in [5, 5.41) is 17.7. The number of phenols is 1. The summed E-state index contributed by atoms with van der Waals surface area (Å²) in [6, 6.07) is 11.5. The molecule has 2 heterocycles. The maximum absolute atomic E-state index is 13.0. The van der Waals surface area contributed by atoms with Gasteiger partial charge in [0.25, 0.3) is 5.56 Å². The summed E-state index contributed by atoms with van der Waals surface area (Å²) in [6.07, 6.45) is 0. The van der Waals surface area contributed by atoms with E-state index in [2.05, 4.69) is 15.3 Å². The van der Waals surface area contributed by atoms with Crippen LogP contribution in [0.5, 0.6) is 11.5 Å². The van der Waals surface area contributed by atoms with Crippen LogP contribution in [0.2, 0.25) is 0 Å². The van der Waals surface area contributed by atoms with E-state index in [0.29, 0.717) is 0 Å². The molecule has 0 aliphatic heterocycles. The van der Waals surface area contributed by atoms with Gasteiger partial charge in [0.2, 0.25) is 5.43 Å². The molecule has 0 amide bonds. The third-order valence-corrected chi connectivity index (χ3v) is 4.15. The lowest BCUT2D eigenvalue weighted by atomic mass is 10.2. The second-order valence-electron chi connectivity index (χ2n) is 5.81. The Balaban J connectivity index is 1.95. The highest BCUT2D eigenvalue weighted by Gasteiger charge is 2.14. The molecule has 0 radical (unpaired) electrons. The number of ether oxygens (including phenoxy) is 1. The van der Waals surface area contributed by atoms with E-state index in [1.54, 1.807) is 19.2 Å². The molecule has 4 aromatic rings. The molecule has 0 atom stereocenters. The molecule has 0 unspecified atom stereocenters. The van der Waals surface area contributed by atoms with Crippen molar-refractivity contribution in [3.63, 3.8) is 0 Å². The molecule has 8 nitrogen and oxygen atoms in total. The van der Waals surface area contributed by atoms with E-state index >= 15 is 0 Å². The van der Waals surface area contributed by atoms with Crippen molar-refractivity contribution in [1.29, 1.82) is 0 Å². The molecule has 0 aliphatic carbocycles. The molecule has 8 heteroatoms. The SMILES string of the molecule is COc1ccc(Cn2nnc3c(=O)[nH]c4cc(O)ccc4c(=O)c32)cc1. The fraction of sp³-hybridized carbons (Fsp3) is 0.111. The summed E-state index contributed by atoms with van der Waals surface area (Å²) in [5.74, 6) is 0.672. The minimum Gasteiger partial charge on any atom is -0.508 e. The van der Waals surface area contributed by atoms with Gasteiger partial charge < -0.3 is 14.8 Å². The summed E-state index contributed by atoms with van der Waals surface area (Å²) in [5.41, 5.74) is 0.267. The van der Waals surface area contributed by atoms with Crippen LogP contribution in [0, 0.1) is 0 Å². The van der Waals surface area contributed by atoms with Crippen LogP contribution in [0.3, 0.4) is 0 Å². The molecular weight excluding hydrogens is 336 g/mol. The minimum absolute atomic E-state index is 0.0424. The topological polar surface area (TPSA) is 110 Å². The summed E-state index contributed by atoms with van der Waals surface area (Å²) in [4.78, 5) is 27.9. The Kier molecular flexibility index (Phi) is 3.65. The number of H-pyrrole nitrogens is 1. The van der Waals surface area contributed by atoms with Crippen LogP contribution in [0.4, 0.5) is 0 Å². The first kappa shape index (κ1) is 15.8. The fourth-order valence-electron chi connectivity index (χ4n) is 2.85. The largest absolute Gasteiger partial charge is 0.508 e. The first-order chi connectivity index (χ1) is 12.6. The van der Waals surface area contributed by atoms with E-state index in [1.165, 1.54) is 22.9 Å². The highest BCUT2D eigenvalue weighted by Crippen LogP contribution is 2.16. The average molecular weight is 350 g/mol. The standard InChI is InChI=1S/C18H14N4O4/c1-26-12-5-2-10(3-6-12)9-22-16-15(20-21-22)18(25)19-14-8-11(23)4-7-13(14)17(16)24/h2-8,23H,9H2,1H3,(H,19,25). The molecule has 2 aromatic carbocycles. The van der Waals surface area contributed by atoms with Crippen molar-refractivity contribution in [2.45, 2.75) is 6.54 Å². The highest BCUT2D eigenvalue weighted by atomic mass is 16.5. The quantitative estimate of drug-likeness (QED) is 0.578. The fourth-order valence-corrected chi connectivity index (χ4v) is 2.85. The van der Waals surface area contributed by atoms with E-state index in [1.807, 2.05) is 12.1 Å². The van der Waals surface area contributed by atoms with Gasteiger partial charge in [-0.3, -0.25) is 9.59 Å². The number of methoxy groups -OCH3 is 1. The van der Waals surface area contributed by atoms with Gasteiger partial charge in [0.05, 0.1) is 19.2 Å². The molecule has 0 saturated heterocycles. The maximum atomic E-state index is 13.0. The number of phenolic OH excluding ortho intramolecular Hbond substituents is 1. The molecule has 0 bridgehead atoms. The lowest BCUT2D eigenvalue weighted by Gasteiger charge is -2.03. The summed E-state index contributed by atoms with van der Waals surface area (Å²) in [6.45, 7) is 0.277. The predicted octanol–water partition coefficient (Wildman–Crippen LogP) is 1.40. The third kappa shape index (κ3) is 2.57. The van der Waals surface area contributed by atoms with Gasteiger partial charge in [-0.05, 0) is 29.8 Å². The van der Waals surface area contributed by atoms with Crippen LogP contribution in [0.25, 0.3) is 21.9 Å². The number of aromatic nitrogens is 4. The number of aromatic hydroxyl groups is 1. The van der Waals surface area contributed by atoms with Crippen molar-refractivity contribution < 1.29 is 9.84 Å². The number of rotatable bonds is 3. The van der Waals surface area contributed by atoms with Crippen LogP contribution < -0.4 is 15.7 Å². The van der Waals surface area contributed by atoms with E-state index < -0.39 is 5.56 Å². The zero-order valence-electron chi connectivity index (χ0n) is 13.8. The zero-order valence-corrected chi connectivity index (χ0v) is 13.8. The number of hydrogen-bond donors (Lipinski definition) is 2. The van der Waals surface area contributed by atoms with Crippen molar-refractivity contribution in [1.82, 2.24) is 20.0 Å². The van der Waals surface area contributed by atoms with E-state index in [0.717, 1.165) is 11.3 Å². The second-order valence-corrected chi connectivity index (χ2v) is 5.81. The number of nitrogens with one attached hydrogen (secondary N) is 1. The van der Waals surface area contributed by atoms with Gasteiger partial charge in [0.1, 0.15) is 17.0 Å². The Morgan fingerprint density at radius 3 is 2.65 bits per heavy atom. The Hall–Kier alpha value is -3.68. The molecule has 0 saturated carbocycles. The molecule has 0 spiro atoms. The van der Waals surface area contributed by atoms with Crippen molar-refractivity contribution in [2.75, 3.05) is 7.11 Å². The van der Waals surface area contributed by atoms with Gasteiger partial charge in [-0.25, -0.2) is 4.68 Å². The molecule has 130 valence electrons. The zero-order chi connectivity index (χ0) is 18.3. The smallest absolute Gasteiger partial charge is 0.278 e. The van der Waals surface area contributed by atoms with Gasteiger partial charge in [-0.2, -0.15) is 0 Å². The number of hydrogen-bond acceptors (Lipinski definition) is 6. The molecule has 2 N–H and O–H groups in total. The van der Waals surface area contributed by atoms with Gasteiger partial charge in [0, 0.05) is 11.5 Å². The average Bonchev–Trinajstić information content (AvgIpc) is 3.01. The number of aromatic amines is 1. The Morgan fingerprint density at radius 1 is 1.15 bits per heavy atom. The number of nitrogens with zero attached hydrogens (tertiary/aromatic N) is 3. The first-order valence-electron chi connectivity index (χ1n) is 7.82. The van der Waals surface area contributed by atoms with Crippen LogP contribution in [0.15, 0.2) is 52.1 Å². The predicted molar refractivity (Wildman–Crippen MR) is 95.7 cm³/mol. The first-order valence-corrected chi connectivity index (χ1v) is 7.82. The summed E-state index contributed by atoms with van der Waals surface area (Å²) >= 11 is 0. The van der Waals surface area contributed by atoms with Gasteiger partial charge >= 0.3 is 0 Å². The maximum Gasteiger partial charge on any atom is 0.278 e. The normalized spacial score (nSPS) is 11.1. The lowest BCUT2D eigenvalue weighted by molar-refractivity contribution is 0.414. The van der Waals surface area contributed by atoms with Crippen molar-refractivity contribution in [3.8, 4) is 11.5 Å². The van der Waals surface area contributed by atoms with Crippen LogP contribution in [-0.2, 0) is 6.54 Å². The van der Waals surface area contributed by atoms with Crippen LogP contribution >= 0.6 is 0 Å². The summed E-state index contributed by atoms with van der Waals surface area (Å²) < 4.78 is 6.53. The molecular formula is C18H14N4O4. The van der Waals surface area contributed by atoms with Gasteiger partial charge in [-0.15, -0.1) is 5.10 Å².